The molecular weight excluding hydrogens is 151 g/mol. The Balaban J connectivity index is 2.29. The molecule has 0 aliphatic rings. The predicted molar refractivity (Wildman–Crippen MR) is 48.9 cm³/mol. The second-order valence-electron chi connectivity index (χ2n) is 2.55. The lowest BCUT2D eigenvalue weighted by Gasteiger charge is -1.95. The summed E-state index contributed by atoms with van der Waals surface area (Å²) in [6, 6.07) is 9.73. The highest BCUT2D eigenvalue weighted by Crippen LogP contribution is 1.89. The molecule has 0 unspecified atom stereocenters. The van der Waals surface area contributed by atoms with Crippen molar-refractivity contribution in [2.45, 2.75) is 12.7 Å². The molecule has 3 heteroatoms. The average Bonchev–Trinajstić information content (AvgIpc) is 2.05. The van der Waals surface area contributed by atoms with Gasteiger partial charge in [-0.05, 0) is 0 Å². The lowest BCUT2D eigenvalue weighted by atomic mass is 9.66. The number of carboxylic acid groups (broad SMARTS) is 1. The van der Waals surface area contributed by atoms with Crippen LogP contribution in [0.25, 0.3) is 0 Å². The van der Waals surface area contributed by atoms with Crippen molar-refractivity contribution in [3.63, 3.8) is 0 Å². The van der Waals surface area contributed by atoms with E-state index < -0.39 is 5.97 Å². The third-order valence-corrected chi connectivity index (χ3v) is 1.54. The van der Waals surface area contributed by atoms with E-state index >= 15 is 0 Å². The molecule has 0 bridgehead atoms. The molecule has 1 aromatic carbocycles. The van der Waals surface area contributed by atoms with Crippen molar-refractivity contribution in [3.8, 4) is 0 Å². The van der Waals surface area contributed by atoms with Crippen LogP contribution < -0.4 is 5.46 Å². The summed E-state index contributed by atoms with van der Waals surface area (Å²) in [5.41, 5.74) is 1.08. The van der Waals surface area contributed by atoms with Gasteiger partial charge in [0.1, 0.15) is 0 Å². The van der Waals surface area contributed by atoms with E-state index in [2.05, 4.69) is 0 Å². The van der Waals surface area contributed by atoms with E-state index in [1.54, 1.807) is 0 Å². The summed E-state index contributed by atoms with van der Waals surface area (Å²) in [5, 5.41) is 8.37. The second kappa shape index (κ2) is 4.60. The molecule has 0 spiro atoms. The maximum absolute atomic E-state index is 10.2. The maximum Gasteiger partial charge on any atom is 0.302 e. The third kappa shape index (κ3) is 3.24. The van der Waals surface area contributed by atoms with E-state index in [9.17, 15) is 4.79 Å². The van der Waals surface area contributed by atoms with Gasteiger partial charge < -0.3 is 5.11 Å². The van der Waals surface area contributed by atoms with Crippen molar-refractivity contribution in [3.05, 3.63) is 30.3 Å². The Kier molecular flexibility index (Phi) is 3.39. The van der Waals surface area contributed by atoms with Gasteiger partial charge in [0, 0.05) is 6.42 Å². The Morgan fingerprint density at radius 3 is 2.58 bits per heavy atom. The van der Waals surface area contributed by atoms with Crippen LogP contribution in [0.15, 0.2) is 30.3 Å². The van der Waals surface area contributed by atoms with Gasteiger partial charge in [-0.15, -0.1) is 0 Å². The zero-order valence-electron chi connectivity index (χ0n) is 6.73. The Bertz CT molecular complexity index is 246. The quantitative estimate of drug-likeness (QED) is 0.666. The normalized spacial score (nSPS) is 9.33. The van der Waals surface area contributed by atoms with Gasteiger partial charge in [-0.2, -0.15) is 0 Å². The van der Waals surface area contributed by atoms with Gasteiger partial charge in [0.25, 0.3) is 0 Å². The highest BCUT2D eigenvalue weighted by Gasteiger charge is 1.98. The highest BCUT2D eigenvalue weighted by atomic mass is 16.4. The number of hydrogen-bond acceptors (Lipinski definition) is 1. The van der Waals surface area contributed by atoms with Gasteiger partial charge >= 0.3 is 5.97 Å². The van der Waals surface area contributed by atoms with E-state index in [-0.39, 0.29) is 6.42 Å². The molecule has 12 heavy (non-hydrogen) atoms. The molecule has 0 aliphatic heterocycles. The van der Waals surface area contributed by atoms with Crippen LogP contribution in [0.4, 0.5) is 0 Å². The second-order valence-corrected chi connectivity index (χ2v) is 2.55. The SMILES string of the molecule is O=C(O)CC[B]c1ccccc1. The number of carbonyl (C=O) groups is 1. The lowest BCUT2D eigenvalue weighted by molar-refractivity contribution is -0.136. The van der Waals surface area contributed by atoms with Gasteiger partial charge in [-0.25, -0.2) is 0 Å². The molecule has 61 valence electrons. The Labute approximate surface area is 72.5 Å². The fourth-order valence-electron chi connectivity index (χ4n) is 0.951. The number of benzene rings is 1. The Morgan fingerprint density at radius 1 is 1.33 bits per heavy atom. The van der Waals surface area contributed by atoms with Crippen molar-refractivity contribution >= 4 is 18.7 Å². The molecule has 1 N–H and O–H groups in total. The largest absolute Gasteiger partial charge is 0.481 e. The van der Waals surface area contributed by atoms with Crippen LogP contribution in [-0.4, -0.2) is 18.4 Å². The molecule has 0 amide bonds. The third-order valence-electron chi connectivity index (χ3n) is 1.54. The highest BCUT2D eigenvalue weighted by molar-refractivity contribution is 6.53. The van der Waals surface area contributed by atoms with Crippen LogP contribution in [0.1, 0.15) is 6.42 Å². The molecule has 0 atom stereocenters. The first-order valence-corrected chi connectivity index (χ1v) is 3.89. The minimum atomic E-state index is -0.748. The number of rotatable bonds is 4. The van der Waals surface area contributed by atoms with Crippen LogP contribution in [0.5, 0.6) is 0 Å². The minimum Gasteiger partial charge on any atom is -0.481 e. The molecule has 0 heterocycles. The van der Waals surface area contributed by atoms with E-state index in [1.165, 1.54) is 0 Å². The maximum atomic E-state index is 10.2. The number of aliphatic carboxylic acids is 1. The van der Waals surface area contributed by atoms with Crippen LogP contribution in [0, 0.1) is 0 Å². The molecule has 0 aliphatic carbocycles. The van der Waals surface area contributed by atoms with Crippen LogP contribution in [-0.2, 0) is 4.79 Å². The first kappa shape index (κ1) is 8.85. The van der Waals surface area contributed by atoms with Crippen molar-refractivity contribution < 1.29 is 9.90 Å². The Morgan fingerprint density at radius 2 is 2.00 bits per heavy atom. The number of hydrogen-bond donors (Lipinski definition) is 1. The van der Waals surface area contributed by atoms with E-state index in [0.717, 1.165) is 5.46 Å². The summed E-state index contributed by atoms with van der Waals surface area (Å²) in [7, 11) is 1.92. The molecule has 0 saturated heterocycles. The van der Waals surface area contributed by atoms with Crippen molar-refractivity contribution in [2.75, 3.05) is 0 Å². The van der Waals surface area contributed by atoms with E-state index in [4.69, 9.17) is 5.11 Å². The fraction of sp³-hybridized carbons (Fsp3) is 0.222. The average molecular weight is 161 g/mol. The number of carboxylic acids is 1. The van der Waals surface area contributed by atoms with Gasteiger partial charge in [-0.1, -0.05) is 42.1 Å². The molecule has 0 fully saturated rings. The standard InChI is InChI=1S/C9H10BO2/c11-9(12)6-7-10-8-4-2-1-3-5-8/h1-5H,6-7H2,(H,11,12). The Hall–Kier alpha value is -1.25. The summed E-state index contributed by atoms with van der Waals surface area (Å²) >= 11 is 0. The summed E-state index contributed by atoms with van der Waals surface area (Å²) in [5.74, 6) is -0.748. The zero-order chi connectivity index (χ0) is 8.81. The van der Waals surface area contributed by atoms with Crippen LogP contribution in [0.2, 0.25) is 6.32 Å². The first-order valence-electron chi connectivity index (χ1n) is 3.89. The van der Waals surface area contributed by atoms with E-state index in [0.29, 0.717) is 6.32 Å². The molecule has 0 aromatic heterocycles. The molecule has 2 nitrogen and oxygen atoms in total. The van der Waals surface area contributed by atoms with E-state index in [1.807, 2.05) is 37.6 Å². The predicted octanol–water partition coefficient (Wildman–Crippen LogP) is 0.909. The van der Waals surface area contributed by atoms with Gasteiger partial charge in [0.2, 0.25) is 0 Å². The van der Waals surface area contributed by atoms with Crippen LogP contribution >= 0.6 is 0 Å². The summed E-state index contributed by atoms with van der Waals surface area (Å²) in [6.07, 6.45) is 0.800. The lowest BCUT2D eigenvalue weighted by Crippen LogP contribution is -2.13. The molecule has 0 saturated carbocycles. The molecule has 1 rings (SSSR count). The molecular formula is C9H10BO2. The molecule has 1 radical (unpaired) electrons. The topological polar surface area (TPSA) is 37.3 Å². The van der Waals surface area contributed by atoms with Gasteiger partial charge in [-0.3, -0.25) is 4.79 Å². The molecule has 1 aromatic rings. The smallest absolute Gasteiger partial charge is 0.302 e. The summed E-state index contributed by atoms with van der Waals surface area (Å²) in [6.45, 7) is 0. The van der Waals surface area contributed by atoms with Gasteiger partial charge in [0.15, 0.2) is 7.28 Å². The zero-order valence-corrected chi connectivity index (χ0v) is 6.73. The van der Waals surface area contributed by atoms with Crippen molar-refractivity contribution in [1.29, 1.82) is 0 Å². The minimum absolute atomic E-state index is 0.203. The summed E-state index contributed by atoms with van der Waals surface area (Å²) < 4.78 is 0. The van der Waals surface area contributed by atoms with Crippen molar-refractivity contribution in [2.24, 2.45) is 0 Å². The summed E-state index contributed by atoms with van der Waals surface area (Å²) in [4.78, 5) is 10.2. The van der Waals surface area contributed by atoms with Crippen LogP contribution in [0.3, 0.4) is 0 Å². The van der Waals surface area contributed by atoms with Crippen molar-refractivity contribution in [1.82, 2.24) is 0 Å². The fourth-order valence-corrected chi connectivity index (χ4v) is 0.951. The monoisotopic (exact) mass is 161 g/mol. The van der Waals surface area contributed by atoms with Gasteiger partial charge in [0.05, 0.1) is 0 Å². The first-order chi connectivity index (χ1) is 5.79.